The molecule has 30 heavy (non-hydrogen) atoms. The number of ether oxygens (including phenoxy) is 1. The van der Waals surface area contributed by atoms with E-state index in [4.69, 9.17) is 16.3 Å². The quantitative estimate of drug-likeness (QED) is 0.408. The molecule has 2 amide bonds. The van der Waals surface area contributed by atoms with Crippen LogP contribution in [0.2, 0.25) is 5.02 Å². The summed E-state index contributed by atoms with van der Waals surface area (Å²) >= 11 is 5.91. The highest BCUT2D eigenvalue weighted by Gasteiger charge is 2.56. The molecule has 152 valence electrons. The second-order valence-electron chi connectivity index (χ2n) is 8.06. The molecule has 1 saturated heterocycles. The zero-order chi connectivity index (χ0) is 20.7. The van der Waals surface area contributed by atoms with Crippen molar-refractivity contribution in [3.05, 3.63) is 76.8 Å². The first kappa shape index (κ1) is 19.1. The normalized spacial score (nSPS) is 27.2. The van der Waals surface area contributed by atoms with E-state index in [-0.39, 0.29) is 35.5 Å². The van der Waals surface area contributed by atoms with Crippen LogP contribution in [0.4, 0.5) is 0 Å². The molecular weight excluding hydrogens is 400 g/mol. The number of hydrogen-bond donors (Lipinski definition) is 0. The van der Waals surface area contributed by atoms with Gasteiger partial charge in [0.05, 0.1) is 18.1 Å². The number of rotatable bonds is 5. The molecule has 2 aromatic carbocycles. The van der Waals surface area contributed by atoms with Crippen molar-refractivity contribution in [1.82, 2.24) is 5.01 Å². The van der Waals surface area contributed by atoms with Crippen molar-refractivity contribution in [2.24, 2.45) is 28.8 Å². The minimum Gasteiger partial charge on any atom is -0.489 e. The number of fused-ring (bicyclic) bond motifs is 1. The van der Waals surface area contributed by atoms with Gasteiger partial charge in [-0.3, -0.25) is 9.59 Å². The fourth-order valence-corrected chi connectivity index (χ4v) is 4.85. The van der Waals surface area contributed by atoms with Gasteiger partial charge >= 0.3 is 0 Å². The highest BCUT2D eigenvalue weighted by molar-refractivity contribution is 6.30. The molecule has 1 heterocycles. The third-order valence-electron chi connectivity index (χ3n) is 6.24. The lowest BCUT2D eigenvalue weighted by Crippen LogP contribution is -2.38. The Morgan fingerprint density at radius 1 is 1.00 bits per heavy atom. The number of nitrogens with zero attached hydrogens (tertiary/aromatic N) is 2. The van der Waals surface area contributed by atoms with Gasteiger partial charge in [0.1, 0.15) is 12.4 Å². The lowest BCUT2D eigenvalue weighted by molar-refractivity contribution is -0.140. The largest absolute Gasteiger partial charge is 0.489 e. The van der Waals surface area contributed by atoms with Crippen molar-refractivity contribution in [1.29, 1.82) is 0 Å². The van der Waals surface area contributed by atoms with E-state index in [1.54, 1.807) is 6.21 Å². The molecule has 6 rings (SSSR count). The molecule has 0 radical (unpaired) electrons. The van der Waals surface area contributed by atoms with Gasteiger partial charge in [0, 0.05) is 5.02 Å². The van der Waals surface area contributed by atoms with Crippen molar-refractivity contribution in [3.8, 4) is 5.75 Å². The highest BCUT2D eigenvalue weighted by atomic mass is 35.5. The molecule has 2 fully saturated rings. The zero-order valence-electron chi connectivity index (χ0n) is 16.3. The van der Waals surface area contributed by atoms with Gasteiger partial charge in [-0.05, 0) is 60.1 Å². The predicted molar refractivity (Wildman–Crippen MR) is 114 cm³/mol. The van der Waals surface area contributed by atoms with Crippen molar-refractivity contribution >= 4 is 29.6 Å². The molecule has 1 aliphatic heterocycles. The Morgan fingerprint density at radius 2 is 1.67 bits per heavy atom. The molecule has 2 aromatic rings. The van der Waals surface area contributed by atoms with E-state index in [9.17, 15) is 9.59 Å². The van der Waals surface area contributed by atoms with Crippen LogP contribution in [0.15, 0.2) is 65.8 Å². The van der Waals surface area contributed by atoms with Crippen LogP contribution in [0.25, 0.3) is 0 Å². The Morgan fingerprint density at radius 3 is 2.30 bits per heavy atom. The van der Waals surface area contributed by atoms with Gasteiger partial charge in [-0.1, -0.05) is 48.0 Å². The third-order valence-corrected chi connectivity index (χ3v) is 6.49. The molecule has 1 saturated carbocycles. The van der Waals surface area contributed by atoms with Gasteiger partial charge in [-0.15, -0.1) is 0 Å². The highest BCUT2D eigenvalue weighted by Crippen LogP contribution is 2.49. The minimum atomic E-state index is -0.243. The second kappa shape index (κ2) is 7.73. The average Bonchev–Trinajstić information content (AvgIpc) is 3.05. The first-order chi connectivity index (χ1) is 14.6. The van der Waals surface area contributed by atoms with Crippen molar-refractivity contribution in [3.63, 3.8) is 0 Å². The summed E-state index contributed by atoms with van der Waals surface area (Å²) in [5, 5.41) is 6.02. The first-order valence-electron chi connectivity index (χ1n) is 10.2. The average molecular weight is 421 g/mol. The summed E-state index contributed by atoms with van der Waals surface area (Å²) in [6, 6.07) is 14.9. The molecular formula is C24H21ClN2O3. The fourth-order valence-electron chi connectivity index (χ4n) is 4.73. The summed E-state index contributed by atoms with van der Waals surface area (Å²) in [7, 11) is 0. The van der Waals surface area contributed by atoms with Crippen LogP contribution in [-0.4, -0.2) is 23.0 Å². The molecule has 4 aliphatic rings. The zero-order valence-corrected chi connectivity index (χ0v) is 17.0. The maximum absolute atomic E-state index is 12.8. The topological polar surface area (TPSA) is 59.0 Å². The summed E-state index contributed by atoms with van der Waals surface area (Å²) in [6.45, 7) is 0.417. The van der Waals surface area contributed by atoms with Crippen LogP contribution in [0.1, 0.15) is 24.0 Å². The van der Waals surface area contributed by atoms with Crippen molar-refractivity contribution < 1.29 is 14.3 Å². The lowest BCUT2D eigenvalue weighted by Gasteiger charge is -2.37. The second-order valence-corrected chi connectivity index (χ2v) is 8.50. The molecule has 0 N–H and O–H groups in total. The van der Waals surface area contributed by atoms with Gasteiger partial charge < -0.3 is 4.74 Å². The molecule has 5 nitrogen and oxygen atoms in total. The Balaban J connectivity index is 1.28. The number of benzene rings is 2. The molecule has 0 aromatic heterocycles. The van der Waals surface area contributed by atoms with Crippen molar-refractivity contribution in [2.75, 3.05) is 0 Å². The lowest BCUT2D eigenvalue weighted by atomic mass is 9.63. The van der Waals surface area contributed by atoms with Gasteiger partial charge in [-0.2, -0.15) is 10.1 Å². The van der Waals surface area contributed by atoms with Crippen LogP contribution < -0.4 is 4.74 Å². The van der Waals surface area contributed by atoms with Gasteiger partial charge in [-0.25, -0.2) is 0 Å². The number of amides is 2. The standard InChI is InChI=1S/C24H21ClN2O3/c25-19-10-4-15(5-11-19)14-30-20-3-1-2-16(12-20)13-26-27-23(28)21-17-6-7-18(9-8-17)22(21)24(27)29/h1-7,10-13,17-18,21-22H,8-9,14H2/b26-13-/t17-,18-,21-,22+/m0/s1. The van der Waals surface area contributed by atoms with Crippen LogP contribution in [0, 0.1) is 23.7 Å². The Labute approximate surface area is 180 Å². The number of halogens is 1. The number of allylic oxidation sites excluding steroid dienone is 2. The molecule has 6 heteroatoms. The number of hydrogen-bond acceptors (Lipinski definition) is 4. The van der Waals surface area contributed by atoms with E-state index in [1.165, 1.54) is 0 Å². The fraction of sp³-hybridized carbons (Fsp3) is 0.292. The number of imide groups is 1. The molecule has 2 bridgehead atoms. The number of hydrazone groups is 1. The van der Waals surface area contributed by atoms with Crippen LogP contribution in [0.5, 0.6) is 5.75 Å². The van der Waals surface area contributed by atoms with Gasteiger partial charge in [0.2, 0.25) is 0 Å². The summed E-state index contributed by atoms with van der Waals surface area (Å²) in [5.74, 6) is 0.192. The third kappa shape index (κ3) is 3.43. The molecule has 4 atom stereocenters. The molecule has 0 unspecified atom stereocenters. The Kier molecular flexibility index (Phi) is 4.91. The SMILES string of the molecule is O=C1[C@@H]2[C@H](C(=O)N1/N=C\c1cccc(OCc3ccc(Cl)cc3)c1)[C@H]1C=C[C@H]2CC1. The minimum absolute atomic E-state index is 0.168. The van der Waals surface area contributed by atoms with Gasteiger partial charge in [0.25, 0.3) is 11.8 Å². The summed E-state index contributed by atoms with van der Waals surface area (Å²) in [4.78, 5) is 25.7. The van der Waals surface area contributed by atoms with E-state index in [2.05, 4.69) is 17.3 Å². The first-order valence-corrected chi connectivity index (χ1v) is 10.6. The molecule has 0 spiro atoms. The van der Waals surface area contributed by atoms with E-state index in [1.807, 2.05) is 48.5 Å². The summed E-state index contributed by atoms with van der Waals surface area (Å²) in [5.41, 5.74) is 1.78. The van der Waals surface area contributed by atoms with Crippen LogP contribution >= 0.6 is 11.6 Å². The van der Waals surface area contributed by atoms with E-state index >= 15 is 0 Å². The maximum Gasteiger partial charge on any atom is 0.254 e. The van der Waals surface area contributed by atoms with Gasteiger partial charge in [0.15, 0.2) is 0 Å². The van der Waals surface area contributed by atoms with Crippen LogP contribution in [0.3, 0.4) is 0 Å². The number of carbonyl (C=O) groups is 2. The maximum atomic E-state index is 12.8. The van der Waals surface area contributed by atoms with E-state index in [0.717, 1.165) is 29.0 Å². The predicted octanol–water partition coefficient (Wildman–Crippen LogP) is 4.45. The van der Waals surface area contributed by atoms with E-state index in [0.29, 0.717) is 17.4 Å². The van der Waals surface area contributed by atoms with Crippen molar-refractivity contribution in [2.45, 2.75) is 19.4 Å². The summed E-state index contributed by atoms with van der Waals surface area (Å²) in [6.07, 6.45) is 7.72. The monoisotopic (exact) mass is 420 g/mol. The Hall–Kier alpha value is -2.92. The Bertz CT molecular complexity index is 1010. The van der Waals surface area contributed by atoms with Crippen LogP contribution in [-0.2, 0) is 16.2 Å². The molecule has 3 aliphatic carbocycles. The van der Waals surface area contributed by atoms with E-state index < -0.39 is 0 Å². The number of carbonyl (C=O) groups excluding carboxylic acids is 2. The smallest absolute Gasteiger partial charge is 0.254 e. The summed E-state index contributed by atoms with van der Waals surface area (Å²) < 4.78 is 5.84.